The van der Waals surface area contributed by atoms with Crippen LogP contribution in [0.5, 0.6) is 5.75 Å². The molecule has 25 heavy (non-hydrogen) atoms. The van der Waals surface area contributed by atoms with Crippen LogP contribution in [0.4, 0.5) is 0 Å². The van der Waals surface area contributed by atoms with Crippen molar-refractivity contribution in [3.05, 3.63) is 65.3 Å². The van der Waals surface area contributed by atoms with Gasteiger partial charge in [-0.2, -0.15) is 0 Å². The van der Waals surface area contributed by atoms with Gasteiger partial charge < -0.3 is 10.1 Å². The molecular formula is C18H16ClN5O. The Morgan fingerprint density at radius 3 is 2.76 bits per heavy atom. The fourth-order valence-electron chi connectivity index (χ4n) is 2.40. The second kappa shape index (κ2) is 7.27. The molecule has 0 aliphatic carbocycles. The second-order valence-electron chi connectivity index (χ2n) is 5.23. The van der Waals surface area contributed by atoms with Gasteiger partial charge in [-0.1, -0.05) is 11.6 Å². The fourth-order valence-corrected chi connectivity index (χ4v) is 2.55. The van der Waals surface area contributed by atoms with Crippen molar-refractivity contribution in [2.75, 3.05) is 14.2 Å². The zero-order chi connectivity index (χ0) is 17.8. The Morgan fingerprint density at radius 1 is 1.16 bits per heavy atom. The van der Waals surface area contributed by atoms with E-state index in [9.17, 15) is 0 Å². The molecule has 2 N–H and O–H groups in total. The van der Waals surface area contributed by atoms with Crippen molar-refractivity contribution in [2.24, 2.45) is 0 Å². The van der Waals surface area contributed by atoms with Crippen molar-refractivity contribution >= 4 is 33.9 Å². The molecular weight excluding hydrogens is 338 g/mol. The molecule has 3 aromatic heterocycles. The van der Waals surface area contributed by atoms with Crippen LogP contribution in [0.2, 0.25) is 5.15 Å². The lowest BCUT2D eigenvalue weighted by atomic mass is 9.98. The van der Waals surface area contributed by atoms with Crippen LogP contribution in [0.25, 0.3) is 16.6 Å². The maximum atomic E-state index is 8.57. The highest BCUT2D eigenvalue weighted by molar-refractivity contribution is 6.31. The predicted molar refractivity (Wildman–Crippen MR) is 99.2 cm³/mol. The maximum absolute atomic E-state index is 8.57. The van der Waals surface area contributed by atoms with Gasteiger partial charge in [0.15, 0.2) is 0 Å². The molecule has 7 heteroatoms. The average Bonchev–Trinajstić information content (AvgIpc) is 2.65. The Bertz CT molecular complexity index is 971. The summed E-state index contributed by atoms with van der Waals surface area (Å²) in [4.78, 5) is 12.8. The van der Waals surface area contributed by atoms with Crippen molar-refractivity contribution in [1.82, 2.24) is 20.3 Å². The zero-order valence-corrected chi connectivity index (χ0v) is 14.5. The smallest absolute Gasteiger partial charge is 0.137 e. The molecule has 0 radical (unpaired) electrons. The minimum absolute atomic E-state index is 0.295. The van der Waals surface area contributed by atoms with Gasteiger partial charge in [-0.3, -0.25) is 15.4 Å². The summed E-state index contributed by atoms with van der Waals surface area (Å²) >= 11 is 5.97. The summed E-state index contributed by atoms with van der Waals surface area (Å²) in [5, 5.41) is 11.9. The zero-order valence-electron chi connectivity index (χ0n) is 13.7. The van der Waals surface area contributed by atoms with Gasteiger partial charge in [-0.25, -0.2) is 4.98 Å². The van der Waals surface area contributed by atoms with E-state index in [2.05, 4.69) is 20.3 Å². The van der Waals surface area contributed by atoms with Crippen LogP contribution < -0.4 is 10.1 Å². The van der Waals surface area contributed by atoms with E-state index in [0.29, 0.717) is 33.3 Å². The van der Waals surface area contributed by atoms with Gasteiger partial charge in [0.05, 0.1) is 30.1 Å². The number of allylic oxidation sites excluding steroid dienone is 1. The van der Waals surface area contributed by atoms with Crippen LogP contribution in [0, 0.1) is 5.41 Å². The molecule has 0 unspecified atom stereocenters. The van der Waals surface area contributed by atoms with Gasteiger partial charge in [-0.05, 0) is 24.3 Å². The number of methoxy groups -OCH3 is 1. The third-order valence-corrected chi connectivity index (χ3v) is 3.82. The van der Waals surface area contributed by atoms with Crippen LogP contribution in [-0.4, -0.2) is 34.8 Å². The minimum Gasteiger partial charge on any atom is -0.495 e. The highest BCUT2D eigenvalue weighted by Crippen LogP contribution is 2.23. The molecule has 3 aromatic rings. The number of hydrogen-bond donors (Lipinski definition) is 2. The van der Waals surface area contributed by atoms with Crippen molar-refractivity contribution in [2.45, 2.75) is 0 Å². The van der Waals surface area contributed by atoms with Gasteiger partial charge in [-0.15, -0.1) is 0 Å². The van der Waals surface area contributed by atoms with E-state index in [1.54, 1.807) is 51.1 Å². The summed E-state index contributed by atoms with van der Waals surface area (Å²) in [6.45, 7) is 0. The number of pyridine rings is 3. The Kier molecular flexibility index (Phi) is 4.90. The maximum Gasteiger partial charge on any atom is 0.137 e. The second-order valence-corrected chi connectivity index (χ2v) is 5.62. The Hall–Kier alpha value is -2.99. The number of halogens is 1. The van der Waals surface area contributed by atoms with Crippen molar-refractivity contribution in [1.29, 1.82) is 5.41 Å². The summed E-state index contributed by atoms with van der Waals surface area (Å²) in [5.41, 5.74) is 3.76. The van der Waals surface area contributed by atoms with E-state index in [1.165, 1.54) is 0 Å². The summed E-state index contributed by atoms with van der Waals surface area (Å²) in [6, 6.07) is 7.14. The SMILES string of the molecule is CN/C=C(\C(=N)c1cncc(OC)c1)c1cnc2ccc(Cl)nc2c1. The predicted octanol–water partition coefficient (Wildman–Crippen LogP) is 3.32. The lowest BCUT2D eigenvalue weighted by Gasteiger charge is -2.11. The van der Waals surface area contributed by atoms with E-state index in [4.69, 9.17) is 21.7 Å². The first-order chi connectivity index (χ1) is 12.1. The first-order valence-electron chi connectivity index (χ1n) is 7.51. The molecule has 0 spiro atoms. The number of rotatable bonds is 5. The fraction of sp³-hybridized carbons (Fsp3) is 0.111. The number of nitrogens with one attached hydrogen (secondary N) is 2. The van der Waals surface area contributed by atoms with Crippen molar-refractivity contribution < 1.29 is 4.74 Å². The Balaban J connectivity index is 2.06. The van der Waals surface area contributed by atoms with E-state index in [1.807, 2.05) is 12.1 Å². The number of fused-ring (bicyclic) bond motifs is 1. The summed E-state index contributed by atoms with van der Waals surface area (Å²) in [6.07, 6.45) is 6.68. The molecule has 0 fully saturated rings. The van der Waals surface area contributed by atoms with E-state index in [0.717, 1.165) is 11.1 Å². The lowest BCUT2D eigenvalue weighted by molar-refractivity contribution is 0.413. The summed E-state index contributed by atoms with van der Waals surface area (Å²) in [5.74, 6) is 0.594. The van der Waals surface area contributed by atoms with Gasteiger partial charge in [0.2, 0.25) is 0 Å². The molecule has 126 valence electrons. The monoisotopic (exact) mass is 353 g/mol. The Labute approximate surface area is 150 Å². The first-order valence-corrected chi connectivity index (χ1v) is 7.88. The number of ether oxygens (including phenoxy) is 1. The van der Waals surface area contributed by atoms with Crippen LogP contribution in [0.3, 0.4) is 0 Å². The molecule has 0 amide bonds. The normalized spacial score (nSPS) is 11.4. The number of aromatic nitrogens is 3. The van der Waals surface area contributed by atoms with Crippen molar-refractivity contribution in [3.8, 4) is 5.75 Å². The largest absolute Gasteiger partial charge is 0.495 e. The van der Waals surface area contributed by atoms with Crippen LogP contribution in [0.1, 0.15) is 11.1 Å². The topological polar surface area (TPSA) is 83.8 Å². The van der Waals surface area contributed by atoms with Gasteiger partial charge in [0.25, 0.3) is 0 Å². The Morgan fingerprint density at radius 2 is 2.00 bits per heavy atom. The van der Waals surface area contributed by atoms with E-state index >= 15 is 0 Å². The highest BCUT2D eigenvalue weighted by Gasteiger charge is 2.13. The molecule has 3 heterocycles. The molecule has 0 saturated heterocycles. The van der Waals surface area contributed by atoms with Gasteiger partial charge in [0.1, 0.15) is 10.9 Å². The van der Waals surface area contributed by atoms with Gasteiger partial charge >= 0.3 is 0 Å². The standard InChI is InChI=1S/C18H16ClN5O/c1-21-10-14(18(20)12-5-13(25-2)9-22-7-12)11-6-16-15(23-8-11)3-4-17(19)24-16/h3-10,20-21H,1-2H3/b14-10-,20-18?. The summed E-state index contributed by atoms with van der Waals surface area (Å²) < 4.78 is 5.19. The molecule has 0 atom stereocenters. The van der Waals surface area contributed by atoms with Crippen LogP contribution in [-0.2, 0) is 0 Å². The first kappa shape index (κ1) is 16.9. The lowest BCUT2D eigenvalue weighted by Crippen LogP contribution is -2.08. The molecule has 0 saturated carbocycles. The molecule has 0 aromatic carbocycles. The molecule has 3 rings (SSSR count). The summed E-state index contributed by atoms with van der Waals surface area (Å²) in [7, 11) is 3.35. The van der Waals surface area contributed by atoms with Crippen LogP contribution in [0.15, 0.2) is 49.1 Å². The highest BCUT2D eigenvalue weighted by atomic mass is 35.5. The average molecular weight is 354 g/mol. The molecule has 0 aliphatic heterocycles. The molecule has 0 aliphatic rings. The van der Waals surface area contributed by atoms with E-state index in [-0.39, 0.29) is 0 Å². The number of hydrogen-bond acceptors (Lipinski definition) is 6. The van der Waals surface area contributed by atoms with E-state index < -0.39 is 0 Å². The molecule has 6 nitrogen and oxygen atoms in total. The third-order valence-electron chi connectivity index (χ3n) is 3.61. The third kappa shape index (κ3) is 3.59. The van der Waals surface area contributed by atoms with Crippen molar-refractivity contribution in [3.63, 3.8) is 0 Å². The van der Waals surface area contributed by atoms with Crippen LogP contribution >= 0.6 is 11.6 Å². The quantitative estimate of drug-likeness (QED) is 0.543. The molecule has 0 bridgehead atoms. The minimum atomic E-state index is 0.295. The van der Waals surface area contributed by atoms with Gasteiger partial charge in [0, 0.05) is 42.3 Å². The number of nitrogens with zero attached hydrogens (tertiary/aromatic N) is 3.